The Kier molecular flexibility index (Phi) is 13.1. The van der Waals surface area contributed by atoms with E-state index in [9.17, 15) is 28.0 Å². The number of nitrogens with two attached hydrogens (primary N) is 1. The Morgan fingerprint density at radius 2 is 1.86 bits per heavy atom. The summed E-state index contributed by atoms with van der Waals surface area (Å²) in [5.74, 6) is -0.601. The molecule has 230 valence electrons. The van der Waals surface area contributed by atoms with Crippen molar-refractivity contribution < 1.29 is 27.5 Å². The van der Waals surface area contributed by atoms with Crippen LogP contribution in [0.1, 0.15) is 43.4 Å². The van der Waals surface area contributed by atoms with Crippen molar-refractivity contribution in [1.29, 1.82) is 5.26 Å². The lowest BCUT2D eigenvalue weighted by Crippen LogP contribution is -2.43. The third-order valence-electron chi connectivity index (χ3n) is 6.13. The van der Waals surface area contributed by atoms with E-state index in [1.54, 1.807) is 13.3 Å². The van der Waals surface area contributed by atoms with Gasteiger partial charge in [0.25, 0.3) is 0 Å². The summed E-state index contributed by atoms with van der Waals surface area (Å²) in [4.78, 5) is 35.2. The number of benzene rings is 2. The number of hydrogen-bond acceptors (Lipinski definition) is 9. The number of nitrogen functional groups attached to an aromatic ring is 1. The first-order valence-electron chi connectivity index (χ1n) is 12.8. The highest BCUT2D eigenvalue weighted by atomic mass is 32.2. The Hall–Kier alpha value is -4.51. The minimum absolute atomic E-state index is 0. The molecule has 0 fully saturated rings. The van der Waals surface area contributed by atoms with Crippen molar-refractivity contribution in [2.24, 2.45) is 0 Å². The Balaban J connectivity index is 0.00000645. The number of carbonyl (C=O) groups is 2. The lowest BCUT2D eigenvalue weighted by Gasteiger charge is -2.29. The fourth-order valence-corrected chi connectivity index (χ4v) is 4.55. The van der Waals surface area contributed by atoms with Crippen molar-refractivity contribution in [3.8, 4) is 6.07 Å². The van der Waals surface area contributed by atoms with Gasteiger partial charge in [-0.05, 0) is 49.3 Å². The molecule has 0 aliphatic rings. The van der Waals surface area contributed by atoms with Crippen LogP contribution in [0.15, 0.2) is 59.6 Å². The van der Waals surface area contributed by atoms with Gasteiger partial charge in [-0.3, -0.25) is 4.79 Å². The lowest BCUT2D eigenvalue weighted by molar-refractivity contribution is -0.137. The van der Waals surface area contributed by atoms with Crippen LogP contribution >= 0.6 is 11.8 Å². The number of aromatic nitrogens is 2. The molecule has 0 saturated heterocycles. The van der Waals surface area contributed by atoms with E-state index < -0.39 is 29.8 Å². The molecule has 0 bridgehead atoms. The standard InChI is InChI=1S/C28H30F3N7O3S.CH4/c1-38(23-21(16-32)25(42-2)37-26(33)36-23)22(24(39)35-20-12-8-11-19(15-20)28(29,30)31)13-6-7-14-34-27(40)41-17-18-9-4-3-5-10-18;/h3-5,8-12,15,22H,6-7,13-14,17H2,1-2H3,(H,34,40)(H,35,39)(H2,33,36,37);1H4/t22-;/m0./s1. The number of thioether (sulfide) groups is 1. The first-order chi connectivity index (χ1) is 20.0. The van der Waals surface area contributed by atoms with Crippen LogP contribution in [-0.2, 0) is 22.3 Å². The number of halogens is 3. The quantitative estimate of drug-likeness (QED) is 0.129. The zero-order valence-electron chi connectivity index (χ0n) is 22.9. The molecule has 14 heteroatoms. The van der Waals surface area contributed by atoms with E-state index in [1.807, 2.05) is 36.4 Å². The summed E-state index contributed by atoms with van der Waals surface area (Å²) in [7, 11) is 1.54. The van der Waals surface area contributed by atoms with Crippen LogP contribution in [0.4, 0.5) is 35.4 Å². The predicted octanol–water partition coefficient (Wildman–Crippen LogP) is 5.85. The zero-order chi connectivity index (χ0) is 30.7. The summed E-state index contributed by atoms with van der Waals surface area (Å²) in [6, 6.07) is 14.6. The second kappa shape index (κ2) is 16.2. The molecule has 1 atom stereocenters. The first kappa shape index (κ1) is 34.7. The number of ether oxygens (including phenoxy) is 1. The fraction of sp³-hybridized carbons (Fsp3) is 0.345. The highest BCUT2D eigenvalue weighted by Crippen LogP contribution is 2.31. The molecule has 10 nitrogen and oxygen atoms in total. The van der Waals surface area contributed by atoms with E-state index in [1.165, 1.54) is 28.8 Å². The minimum atomic E-state index is -4.58. The van der Waals surface area contributed by atoms with Crippen molar-refractivity contribution >= 4 is 41.2 Å². The molecule has 1 heterocycles. The van der Waals surface area contributed by atoms with Crippen molar-refractivity contribution in [3.05, 3.63) is 71.3 Å². The third-order valence-corrected chi connectivity index (χ3v) is 6.81. The zero-order valence-corrected chi connectivity index (χ0v) is 23.8. The fourth-order valence-electron chi connectivity index (χ4n) is 4.02. The average molecular weight is 618 g/mol. The number of anilines is 3. The number of unbranched alkanes of at least 4 members (excludes halogenated alkanes) is 1. The first-order valence-corrected chi connectivity index (χ1v) is 14.0. The van der Waals surface area contributed by atoms with Gasteiger partial charge in [0.05, 0.1) is 5.56 Å². The summed E-state index contributed by atoms with van der Waals surface area (Å²) in [5, 5.41) is 15.3. The van der Waals surface area contributed by atoms with Gasteiger partial charge in [0, 0.05) is 19.3 Å². The van der Waals surface area contributed by atoms with Crippen molar-refractivity contribution in [2.75, 3.05) is 35.8 Å². The molecular weight excluding hydrogens is 583 g/mol. The maximum absolute atomic E-state index is 13.4. The molecule has 43 heavy (non-hydrogen) atoms. The van der Waals surface area contributed by atoms with Crippen LogP contribution in [0.25, 0.3) is 0 Å². The van der Waals surface area contributed by atoms with Crippen LogP contribution in [0, 0.1) is 11.3 Å². The Labute approximate surface area is 252 Å². The van der Waals surface area contributed by atoms with E-state index in [2.05, 4.69) is 20.6 Å². The Morgan fingerprint density at radius 3 is 2.51 bits per heavy atom. The van der Waals surface area contributed by atoms with Crippen molar-refractivity contribution in [1.82, 2.24) is 15.3 Å². The number of rotatable bonds is 12. The smallest absolute Gasteiger partial charge is 0.416 e. The second-order valence-corrected chi connectivity index (χ2v) is 9.88. The molecule has 0 unspecified atom stereocenters. The minimum Gasteiger partial charge on any atom is -0.445 e. The highest BCUT2D eigenvalue weighted by Gasteiger charge is 2.31. The van der Waals surface area contributed by atoms with Gasteiger partial charge in [-0.2, -0.15) is 23.4 Å². The summed E-state index contributed by atoms with van der Waals surface area (Å²) < 4.78 is 44.8. The van der Waals surface area contributed by atoms with Gasteiger partial charge in [0.2, 0.25) is 11.9 Å². The number of nitrogens with one attached hydrogen (secondary N) is 2. The second-order valence-electron chi connectivity index (χ2n) is 9.08. The summed E-state index contributed by atoms with van der Waals surface area (Å²) >= 11 is 1.18. The molecule has 0 radical (unpaired) electrons. The number of nitrogens with zero attached hydrogens (tertiary/aromatic N) is 4. The third kappa shape index (κ3) is 10.1. The average Bonchev–Trinajstić information content (AvgIpc) is 2.97. The van der Waals surface area contributed by atoms with E-state index in [0.29, 0.717) is 17.9 Å². The lowest BCUT2D eigenvalue weighted by atomic mass is 10.1. The van der Waals surface area contributed by atoms with Gasteiger partial charge >= 0.3 is 12.3 Å². The topological polar surface area (TPSA) is 146 Å². The van der Waals surface area contributed by atoms with Gasteiger partial charge in [-0.25, -0.2) is 9.78 Å². The number of likely N-dealkylation sites (N-methyl/N-ethyl adjacent to an activating group) is 1. The summed E-state index contributed by atoms with van der Waals surface area (Å²) in [6.07, 6.45) is -2.35. The maximum Gasteiger partial charge on any atom is 0.416 e. The Morgan fingerprint density at radius 1 is 1.14 bits per heavy atom. The van der Waals surface area contributed by atoms with Crippen LogP contribution < -0.4 is 21.3 Å². The Bertz CT molecular complexity index is 1420. The summed E-state index contributed by atoms with van der Waals surface area (Å²) in [5.41, 5.74) is 5.86. The molecule has 0 aliphatic carbocycles. The van der Waals surface area contributed by atoms with E-state index in [0.717, 1.165) is 17.7 Å². The molecule has 4 N–H and O–H groups in total. The number of alkyl carbamates (subject to hydrolysis) is 1. The molecule has 2 aromatic carbocycles. The van der Waals surface area contributed by atoms with Gasteiger partial charge < -0.3 is 26.0 Å². The van der Waals surface area contributed by atoms with Gasteiger partial charge in [0.1, 0.15) is 29.3 Å². The molecule has 3 aromatic rings. The largest absolute Gasteiger partial charge is 0.445 e. The number of amides is 2. The highest BCUT2D eigenvalue weighted by molar-refractivity contribution is 7.98. The van der Waals surface area contributed by atoms with Gasteiger partial charge in [-0.1, -0.05) is 43.8 Å². The molecule has 0 spiro atoms. The van der Waals surface area contributed by atoms with E-state index in [-0.39, 0.29) is 50.0 Å². The van der Waals surface area contributed by atoms with Gasteiger partial charge in [0.15, 0.2) is 5.82 Å². The van der Waals surface area contributed by atoms with E-state index in [4.69, 9.17) is 10.5 Å². The molecule has 1 aromatic heterocycles. The molecule has 0 saturated carbocycles. The molecule has 0 aliphatic heterocycles. The number of nitriles is 1. The van der Waals surface area contributed by atoms with Crippen molar-refractivity contribution in [3.63, 3.8) is 0 Å². The molecule has 2 amide bonds. The van der Waals surface area contributed by atoms with Crippen molar-refractivity contribution in [2.45, 2.75) is 50.5 Å². The SMILES string of the molecule is C.CSc1nc(N)nc(N(C)[C@@H](CCCCNC(=O)OCc2ccccc2)C(=O)Nc2cccc(C(F)(F)F)c2)c1C#N. The molecule has 3 rings (SSSR count). The number of alkyl halides is 3. The van der Waals surface area contributed by atoms with Crippen LogP contribution in [0.3, 0.4) is 0 Å². The van der Waals surface area contributed by atoms with Gasteiger partial charge in [-0.15, -0.1) is 11.8 Å². The summed E-state index contributed by atoms with van der Waals surface area (Å²) in [6.45, 7) is 0.385. The number of hydrogen-bond donors (Lipinski definition) is 3. The van der Waals surface area contributed by atoms with Crippen LogP contribution in [-0.4, -0.2) is 47.9 Å². The maximum atomic E-state index is 13.4. The normalized spacial score (nSPS) is 11.4. The van der Waals surface area contributed by atoms with Crippen LogP contribution in [0.5, 0.6) is 0 Å². The van der Waals surface area contributed by atoms with Crippen LogP contribution in [0.2, 0.25) is 0 Å². The monoisotopic (exact) mass is 617 g/mol. The number of carbonyl (C=O) groups excluding carboxylic acids is 2. The molecular formula is C29H34F3N7O3S. The predicted molar refractivity (Wildman–Crippen MR) is 160 cm³/mol. The van der Waals surface area contributed by atoms with E-state index >= 15 is 0 Å².